The molecule has 22 heavy (non-hydrogen) atoms. The Morgan fingerprint density at radius 1 is 1.45 bits per heavy atom. The van der Waals surface area contributed by atoms with Crippen molar-refractivity contribution in [2.75, 3.05) is 33.4 Å². The van der Waals surface area contributed by atoms with E-state index < -0.39 is 15.4 Å². The molecule has 2 atom stereocenters. The van der Waals surface area contributed by atoms with Crippen LogP contribution in [-0.4, -0.2) is 52.0 Å². The third kappa shape index (κ3) is 2.26. The molecule has 1 aromatic heterocycles. The fourth-order valence-electron chi connectivity index (χ4n) is 3.38. The van der Waals surface area contributed by atoms with Crippen LogP contribution < -0.4 is 5.32 Å². The van der Waals surface area contributed by atoms with Crippen molar-refractivity contribution in [3.05, 3.63) is 17.9 Å². The smallest absolute Gasteiger partial charge is 0.276 e. The summed E-state index contributed by atoms with van der Waals surface area (Å²) in [5.41, 5.74) is -0.707. The van der Waals surface area contributed by atoms with Crippen molar-refractivity contribution < 1.29 is 22.4 Å². The van der Waals surface area contributed by atoms with Crippen molar-refractivity contribution in [2.24, 2.45) is 11.3 Å². The van der Waals surface area contributed by atoms with Crippen molar-refractivity contribution in [3.8, 4) is 0 Å². The quantitative estimate of drug-likeness (QED) is 0.865. The lowest BCUT2D eigenvalue weighted by molar-refractivity contribution is -0.138. The second kappa shape index (κ2) is 5.36. The summed E-state index contributed by atoms with van der Waals surface area (Å²) in [5.74, 6) is 0.292. The first kappa shape index (κ1) is 15.5. The maximum atomic E-state index is 12.7. The molecule has 3 heterocycles. The van der Waals surface area contributed by atoms with Gasteiger partial charge in [0.05, 0.1) is 12.0 Å². The summed E-state index contributed by atoms with van der Waals surface area (Å²) >= 11 is 0. The zero-order valence-corrected chi connectivity index (χ0v) is 13.5. The molecule has 2 aliphatic heterocycles. The number of nitrogens with zero attached hydrogens (tertiary/aromatic N) is 1. The van der Waals surface area contributed by atoms with Crippen LogP contribution in [0.2, 0.25) is 0 Å². The fraction of sp³-hybridized carbons (Fsp3) is 0.643. The average Bonchev–Trinajstić information content (AvgIpc) is 3.11. The zero-order valence-electron chi connectivity index (χ0n) is 12.7. The Labute approximate surface area is 129 Å². The highest BCUT2D eigenvalue weighted by atomic mass is 32.2. The van der Waals surface area contributed by atoms with Crippen LogP contribution in [0.15, 0.2) is 21.6 Å². The van der Waals surface area contributed by atoms with Crippen LogP contribution in [0.1, 0.15) is 12.2 Å². The maximum absolute atomic E-state index is 12.7. The van der Waals surface area contributed by atoms with Crippen molar-refractivity contribution >= 4 is 15.9 Å². The Kier molecular flexibility index (Phi) is 3.78. The molecule has 1 N–H and O–H groups in total. The van der Waals surface area contributed by atoms with Crippen LogP contribution in [0.3, 0.4) is 0 Å². The van der Waals surface area contributed by atoms with Crippen LogP contribution in [0.25, 0.3) is 0 Å². The van der Waals surface area contributed by atoms with Gasteiger partial charge in [-0.05, 0) is 25.5 Å². The van der Waals surface area contributed by atoms with E-state index >= 15 is 0 Å². The molecule has 0 bridgehead atoms. The lowest BCUT2D eigenvalue weighted by Gasteiger charge is -2.36. The lowest BCUT2D eigenvalue weighted by Crippen LogP contribution is -2.49. The first-order valence-corrected chi connectivity index (χ1v) is 8.71. The van der Waals surface area contributed by atoms with Gasteiger partial charge < -0.3 is 14.5 Å². The minimum atomic E-state index is -3.72. The van der Waals surface area contributed by atoms with Gasteiger partial charge in [0, 0.05) is 32.7 Å². The Morgan fingerprint density at radius 3 is 2.86 bits per heavy atom. The predicted octanol–water partition coefficient (Wildman–Crippen LogP) is 0.361. The van der Waals surface area contributed by atoms with Gasteiger partial charge in [0.15, 0.2) is 0 Å². The molecule has 8 heteroatoms. The number of carbonyl (C=O) groups is 1. The molecule has 2 saturated heterocycles. The SMILES string of the molecule is CNC(=O)[C@]12CCOC[C@H]1CN(S(=O)(=O)c1ccc(C)o1)C2. The van der Waals surface area contributed by atoms with Crippen molar-refractivity contribution in [1.29, 1.82) is 0 Å². The van der Waals surface area contributed by atoms with E-state index in [-0.39, 0.29) is 30.0 Å². The number of furan rings is 1. The number of sulfonamides is 1. The third-order valence-corrected chi connectivity index (χ3v) is 6.35. The Balaban J connectivity index is 1.93. The van der Waals surface area contributed by atoms with Crippen molar-refractivity contribution in [2.45, 2.75) is 18.4 Å². The molecular formula is C14H20N2O5S. The van der Waals surface area contributed by atoms with Gasteiger partial charge in [-0.3, -0.25) is 4.79 Å². The van der Waals surface area contributed by atoms with E-state index in [0.29, 0.717) is 25.4 Å². The molecule has 0 saturated carbocycles. The summed E-state index contributed by atoms with van der Waals surface area (Å²) in [7, 11) is -2.14. The number of nitrogens with one attached hydrogen (secondary N) is 1. The summed E-state index contributed by atoms with van der Waals surface area (Å²) < 4.78 is 37.5. The minimum Gasteiger partial charge on any atom is -0.449 e. The number of hydrogen-bond acceptors (Lipinski definition) is 5. The molecule has 2 aliphatic rings. The van der Waals surface area contributed by atoms with E-state index in [1.165, 1.54) is 10.4 Å². The van der Waals surface area contributed by atoms with E-state index in [2.05, 4.69) is 5.32 Å². The fourth-order valence-corrected chi connectivity index (χ4v) is 4.89. The minimum absolute atomic E-state index is 0.0726. The summed E-state index contributed by atoms with van der Waals surface area (Å²) in [5, 5.41) is 2.60. The highest BCUT2D eigenvalue weighted by Gasteiger charge is 2.56. The largest absolute Gasteiger partial charge is 0.449 e. The van der Waals surface area contributed by atoms with Gasteiger partial charge in [-0.2, -0.15) is 4.31 Å². The first-order valence-electron chi connectivity index (χ1n) is 7.27. The summed E-state index contributed by atoms with van der Waals surface area (Å²) in [6, 6.07) is 3.07. The number of rotatable bonds is 3. The van der Waals surface area contributed by atoms with Crippen LogP contribution >= 0.6 is 0 Å². The van der Waals surface area contributed by atoms with E-state index in [4.69, 9.17) is 9.15 Å². The van der Waals surface area contributed by atoms with E-state index in [0.717, 1.165) is 0 Å². The highest BCUT2D eigenvalue weighted by Crippen LogP contribution is 2.44. The van der Waals surface area contributed by atoms with Gasteiger partial charge in [-0.25, -0.2) is 8.42 Å². The van der Waals surface area contributed by atoms with Crippen LogP contribution in [0, 0.1) is 18.3 Å². The van der Waals surface area contributed by atoms with Crippen molar-refractivity contribution in [1.82, 2.24) is 9.62 Å². The Hall–Kier alpha value is -1.38. The number of amides is 1. The number of carbonyl (C=O) groups excluding carboxylic acids is 1. The van der Waals surface area contributed by atoms with Gasteiger partial charge >= 0.3 is 0 Å². The maximum Gasteiger partial charge on any atom is 0.276 e. The molecule has 0 aromatic carbocycles. The van der Waals surface area contributed by atoms with Gasteiger partial charge in [0.1, 0.15) is 5.76 Å². The van der Waals surface area contributed by atoms with E-state index in [9.17, 15) is 13.2 Å². The topological polar surface area (TPSA) is 88.9 Å². The third-order valence-electron chi connectivity index (χ3n) is 4.66. The standard InChI is InChI=1S/C14H20N2O5S/c1-10-3-4-12(21-10)22(18,19)16-7-11-8-20-6-5-14(11,9-16)13(17)15-2/h3-4,11H,5-9H2,1-2H3,(H,15,17)/t11-,14+/m1/s1. The van der Waals surface area contributed by atoms with Crippen LogP contribution in [0.4, 0.5) is 0 Å². The van der Waals surface area contributed by atoms with Gasteiger partial charge in [0.25, 0.3) is 10.0 Å². The molecule has 2 fully saturated rings. The zero-order chi connectivity index (χ0) is 16.0. The van der Waals surface area contributed by atoms with Crippen molar-refractivity contribution in [3.63, 3.8) is 0 Å². The number of aryl methyl sites for hydroxylation is 1. The highest BCUT2D eigenvalue weighted by molar-refractivity contribution is 7.89. The Bertz CT molecular complexity index is 683. The average molecular weight is 328 g/mol. The molecule has 122 valence electrons. The second-order valence-electron chi connectivity index (χ2n) is 5.92. The molecular weight excluding hydrogens is 308 g/mol. The predicted molar refractivity (Wildman–Crippen MR) is 77.6 cm³/mol. The summed E-state index contributed by atoms with van der Waals surface area (Å²) in [4.78, 5) is 12.4. The summed E-state index contributed by atoms with van der Waals surface area (Å²) in [6.45, 7) is 3.01. The second-order valence-corrected chi connectivity index (χ2v) is 7.79. The molecule has 0 unspecified atom stereocenters. The van der Waals surface area contributed by atoms with Crippen LogP contribution in [0.5, 0.6) is 0 Å². The molecule has 7 nitrogen and oxygen atoms in total. The van der Waals surface area contributed by atoms with E-state index in [1.54, 1.807) is 20.0 Å². The number of fused-ring (bicyclic) bond motifs is 1. The molecule has 0 radical (unpaired) electrons. The monoisotopic (exact) mass is 328 g/mol. The molecule has 3 rings (SSSR count). The molecule has 0 aliphatic carbocycles. The Morgan fingerprint density at radius 2 is 2.23 bits per heavy atom. The van der Waals surface area contributed by atoms with Gasteiger partial charge in [0.2, 0.25) is 11.0 Å². The number of ether oxygens (including phenoxy) is 1. The van der Waals surface area contributed by atoms with Gasteiger partial charge in [-0.15, -0.1) is 0 Å². The normalized spacial score (nSPS) is 29.3. The summed E-state index contributed by atoms with van der Waals surface area (Å²) in [6.07, 6.45) is 0.528. The molecule has 1 amide bonds. The first-order chi connectivity index (χ1) is 10.4. The van der Waals surface area contributed by atoms with E-state index in [1.807, 2.05) is 0 Å². The van der Waals surface area contributed by atoms with Gasteiger partial charge in [-0.1, -0.05) is 0 Å². The number of hydrogen-bond donors (Lipinski definition) is 1. The molecule has 1 aromatic rings. The lowest BCUT2D eigenvalue weighted by atomic mass is 9.73. The van der Waals surface area contributed by atoms with Crippen LogP contribution in [-0.2, 0) is 19.6 Å². The molecule has 0 spiro atoms.